The summed E-state index contributed by atoms with van der Waals surface area (Å²) in [7, 11) is 0. The molecule has 0 radical (unpaired) electrons. The van der Waals surface area contributed by atoms with Gasteiger partial charge >= 0.3 is 0 Å². The van der Waals surface area contributed by atoms with E-state index in [2.05, 4.69) is 36.5 Å². The molecule has 2 bridgehead atoms. The normalized spacial score (nSPS) is 30.6. The molecule has 0 saturated carbocycles. The summed E-state index contributed by atoms with van der Waals surface area (Å²) >= 11 is 0. The van der Waals surface area contributed by atoms with Crippen LogP contribution in [0, 0.1) is 0 Å². The van der Waals surface area contributed by atoms with Gasteiger partial charge < -0.3 is 10.1 Å². The molecule has 2 unspecified atom stereocenters. The summed E-state index contributed by atoms with van der Waals surface area (Å²) in [5.74, 6) is 0. The van der Waals surface area contributed by atoms with E-state index in [-0.39, 0.29) is 0 Å². The van der Waals surface area contributed by atoms with Gasteiger partial charge in [0.05, 0.1) is 12.7 Å². The number of aryl methyl sites for hydroxylation is 1. The van der Waals surface area contributed by atoms with Crippen LogP contribution < -0.4 is 5.32 Å². The molecule has 1 aromatic rings. The van der Waals surface area contributed by atoms with Gasteiger partial charge in [0.25, 0.3) is 0 Å². The smallest absolute Gasteiger partial charge is 0.0723 e. The highest BCUT2D eigenvalue weighted by molar-refractivity contribution is 5.26. The molecule has 2 heterocycles. The van der Waals surface area contributed by atoms with Gasteiger partial charge in [-0.2, -0.15) is 0 Å². The molecule has 0 amide bonds. The third kappa shape index (κ3) is 2.60. The Bertz CT molecular complexity index is 392. The first kappa shape index (κ1) is 12.2. The van der Waals surface area contributed by atoms with Crippen LogP contribution in [0.4, 0.5) is 0 Å². The Labute approximate surface area is 110 Å². The average Bonchev–Trinajstić information content (AvgIpc) is 2.76. The molecule has 0 aromatic heterocycles. The second-order valence-electron chi connectivity index (χ2n) is 5.66. The number of hydrogen-bond acceptors (Lipinski definition) is 2. The second-order valence-corrected chi connectivity index (χ2v) is 5.66. The van der Waals surface area contributed by atoms with Crippen LogP contribution >= 0.6 is 0 Å². The molecule has 1 N–H and O–H groups in total. The highest BCUT2D eigenvalue weighted by atomic mass is 16.5. The van der Waals surface area contributed by atoms with Crippen LogP contribution in [0.25, 0.3) is 0 Å². The maximum absolute atomic E-state index is 6.15. The lowest BCUT2D eigenvalue weighted by Crippen LogP contribution is -2.41. The number of fused-ring (bicyclic) bond motifs is 2. The lowest BCUT2D eigenvalue weighted by atomic mass is 10.0. The van der Waals surface area contributed by atoms with E-state index < -0.39 is 0 Å². The van der Waals surface area contributed by atoms with E-state index in [9.17, 15) is 0 Å². The van der Waals surface area contributed by atoms with Gasteiger partial charge in [-0.05, 0) is 43.2 Å². The van der Waals surface area contributed by atoms with Gasteiger partial charge in [0, 0.05) is 12.1 Å². The maximum Gasteiger partial charge on any atom is 0.0723 e. The topological polar surface area (TPSA) is 21.3 Å². The first-order valence-electron chi connectivity index (χ1n) is 7.29. The summed E-state index contributed by atoms with van der Waals surface area (Å²) in [6, 6.07) is 10.1. The number of ether oxygens (including phenoxy) is 1. The van der Waals surface area contributed by atoms with Gasteiger partial charge in [-0.25, -0.2) is 0 Å². The predicted octanol–water partition coefficient (Wildman–Crippen LogP) is 3.05. The third-order valence-electron chi connectivity index (χ3n) is 4.40. The predicted molar refractivity (Wildman–Crippen MR) is 73.6 cm³/mol. The Balaban J connectivity index is 1.58. The standard InChI is InChI=1S/C16H23NO/c1-2-12-5-3-4-6-13(12)11-18-16-9-14-7-8-15(10-16)17-14/h3-6,14-17H,2,7-11H2,1H3. The van der Waals surface area contributed by atoms with E-state index in [0.29, 0.717) is 6.10 Å². The number of rotatable bonds is 4. The van der Waals surface area contributed by atoms with Crippen LogP contribution in [0.3, 0.4) is 0 Å². The molecule has 3 rings (SSSR count). The molecule has 0 aliphatic carbocycles. The Morgan fingerprint density at radius 3 is 2.44 bits per heavy atom. The molecule has 1 aromatic carbocycles. The Morgan fingerprint density at radius 2 is 1.78 bits per heavy atom. The zero-order valence-corrected chi connectivity index (χ0v) is 11.2. The molecule has 2 aliphatic rings. The molecular formula is C16H23NO. The maximum atomic E-state index is 6.15. The van der Waals surface area contributed by atoms with E-state index in [1.807, 2.05) is 0 Å². The van der Waals surface area contributed by atoms with Crippen molar-refractivity contribution in [3.8, 4) is 0 Å². The molecule has 2 fully saturated rings. The van der Waals surface area contributed by atoms with Crippen molar-refractivity contribution in [2.75, 3.05) is 0 Å². The SMILES string of the molecule is CCc1ccccc1COC1CC2CCC(C1)N2. The van der Waals surface area contributed by atoms with Gasteiger partial charge in [0.1, 0.15) is 0 Å². The number of piperidine rings is 1. The average molecular weight is 245 g/mol. The van der Waals surface area contributed by atoms with Crippen LogP contribution in [-0.4, -0.2) is 18.2 Å². The van der Waals surface area contributed by atoms with Gasteiger partial charge in [-0.1, -0.05) is 31.2 Å². The number of nitrogens with one attached hydrogen (secondary N) is 1. The molecule has 98 valence electrons. The van der Waals surface area contributed by atoms with Crippen molar-refractivity contribution in [2.24, 2.45) is 0 Å². The largest absolute Gasteiger partial charge is 0.373 e. The van der Waals surface area contributed by atoms with E-state index in [0.717, 1.165) is 25.1 Å². The van der Waals surface area contributed by atoms with Crippen molar-refractivity contribution in [1.82, 2.24) is 5.32 Å². The van der Waals surface area contributed by atoms with Crippen molar-refractivity contribution in [3.63, 3.8) is 0 Å². The van der Waals surface area contributed by atoms with Crippen LogP contribution in [-0.2, 0) is 17.8 Å². The zero-order chi connectivity index (χ0) is 12.4. The Morgan fingerprint density at radius 1 is 1.11 bits per heavy atom. The highest BCUT2D eigenvalue weighted by Crippen LogP contribution is 2.29. The van der Waals surface area contributed by atoms with Crippen molar-refractivity contribution < 1.29 is 4.74 Å². The van der Waals surface area contributed by atoms with Crippen LogP contribution in [0.5, 0.6) is 0 Å². The van der Waals surface area contributed by atoms with Crippen LogP contribution in [0.1, 0.15) is 43.7 Å². The zero-order valence-electron chi connectivity index (χ0n) is 11.2. The molecule has 2 nitrogen and oxygen atoms in total. The highest BCUT2D eigenvalue weighted by Gasteiger charge is 2.33. The van der Waals surface area contributed by atoms with Crippen molar-refractivity contribution in [1.29, 1.82) is 0 Å². The van der Waals surface area contributed by atoms with Gasteiger partial charge in [-0.3, -0.25) is 0 Å². The minimum Gasteiger partial charge on any atom is -0.373 e. The number of benzene rings is 1. The van der Waals surface area contributed by atoms with E-state index in [4.69, 9.17) is 4.74 Å². The third-order valence-corrected chi connectivity index (χ3v) is 4.40. The summed E-state index contributed by atoms with van der Waals surface area (Å²) in [6.07, 6.45) is 6.65. The fourth-order valence-electron chi connectivity index (χ4n) is 3.39. The molecule has 18 heavy (non-hydrogen) atoms. The molecule has 2 heteroatoms. The first-order valence-corrected chi connectivity index (χ1v) is 7.29. The molecule has 2 atom stereocenters. The lowest BCUT2D eigenvalue weighted by molar-refractivity contribution is 0.00889. The first-order chi connectivity index (χ1) is 8.85. The lowest BCUT2D eigenvalue weighted by Gasteiger charge is -2.29. The van der Waals surface area contributed by atoms with Crippen molar-refractivity contribution in [3.05, 3.63) is 35.4 Å². The fraction of sp³-hybridized carbons (Fsp3) is 0.625. The van der Waals surface area contributed by atoms with Gasteiger partial charge in [0.2, 0.25) is 0 Å². The second kappa shape index (κ2) is 5.41. The summed E-state index contributed by atoms with van der Waals surface area (Å²) < 4.78 is 6.15. The van der Waals surface area contributed by atoms with Gasteiger partial charge in [0.15, 0.2) is 0 Å². The summed E-state index contributed by atoms with van der Waals surface area (Å²) in [4.78, 5) is 0. The Hall–Kier alpha value is -0.860. The van der Waals surface area contributed by atoms with E-state index >= 15 is 0 Å². The quantitative estimate of drug-likeness (QED) is 0.880. The van der Waals surface area contributed by atoms with Crippen LogP contribution in [0.15, 0.2) is 24.3 Å². The van der Waals surface area contributed by atoms with Crippen molar-refractivity contribution >= 4 is 0 Å². The van der Waals surface area contributed by atoms with Crippen molar-refractivity contribution in [2.45, 2.75) is 63.8 Å². The Kier molecular flexibility index (Phi) is 3.67. The number of hydrogen-bond donors (Lipinski definition) is 1. The molecule has 0 spiro atoms. The summed E-state index contributed by atoms with van der Waals surface area (Å²) in [6.45, 7) is 3.00. The summed E-state index contributed by atoms with van der Waals surface area (Å²) in [5, 5.41) is 3.66. The van der Waals surface area contributed by atoms with E-state index in [1.54, 1.807) is 0 Å². The molecular weight excluding hydrogens is 222 g/mol. The van der Waals surface area contributed by atoms with E-state index in [1.165, 1.54) is 36.8 Å². The minimum atomic E-state index is 0.466. The molecule has 2 saturated heterocycles. The molecule has 2 aliphatic heterocycles. The summed E-state index contributed by atoms with van der Waals surface area (Å²) in [5.41, 5.74) is 2.79. The van der Waals surface area contributed by atoms with Gasteiger partial charge in [-0.15, -0.1) is 0 Å². The minimum absolute atomic E-state index is 0.466. The van der Waals surface area contributed by atoms with Crippen LogP contribution in [0.2, 0.25) is 0 Å². The monoisotopic (exact) mass is 245 g/mol. The fourth-order valence-corrected chi connectivity index (χ4v) is 3.39.